The Morgan fingerprint density at radius 1 is 1.33 bits per heavy atom. The van der Waals surface area contributed by atoms with Crippen LogP contribution in [0.15, 0.2) is 16.9 Å². The molecule has 1 unspecified atom stereocenters. The third kappa shape index (κ3) is 1.87. The molecule has 0 amide bonds. The van der Waals surface area contributed by atoms with E-state index in [1.54, 1.807) is 0 Å². The molecule has 1 aliphatic rings. The lowest BCUT2D eigenvalue weighted by Gasteiger charge is -2.25. The number of nitrogens with zero attached hydrogens (tertiary/aromatic N) is 1. The normalized spacial score (nSPS) is 22.8. The van der Waals surface area contributed by atoms with Crippen molar-refractivity contribution in [3.63, 3.8) is 0 Å². The lowest BCUT2D eigenvalue weighted by Crippen LogP contribution is -2.23. The molecule has 0 saturated heterocycles. The van der Waals surface area contributed by atoms with Gasteiger partial charge in [-0.05, 0) is 17.4 Å². The summed E-state index contributed by atoms with van der Waals surface area (Å²) in [6.45, 7) is 8.92. The van der Waals surface area contributed by atoms with E-state index >= 15 is 0 Å². The van der Waals surface area contributed by atoms with E-state index in [2.05, 4.69) is 38.2 Å². The van der Waals surface area contributed by atoms with Crippen LogP contribution >= 0.6 is 0 Å². The van der Waals surface area contributed by atoms with Gasteiger partial charge in [0.15, 0.2) is 0 Å². The smallest absolute Gasteiger partial charge is 0.0321 e. The fourth-order valence-corrected chi connectivity index (χ4v) is 1.53. The van der Waals surface area contributed by atoms with Crippen LogP contribution in [-0.4, -0.2) is 6.21 Å². The molecule has 2 nitrogen and oxygen atoms in total. The van der Waals surface area contributed by atoms with Crippen molar-refractivity contribution in [1.29, 1.82) is 0 Å². The third-order valence-corrected chi connectivity index (χ3v) is 2.31. The molecule has 0 bridgehead atoms. The van der Waals surface area contributed by atoms with Gasteiger partial charge >= 0.3 is 0 Å². The highest BCUT2D eigenvalue weighted by Crippen LogP contribution is 2.25. The van der Waals surface area contributed by atoms with Crippen molar-refractivity contribution < 1.29 is 0 Å². The molecule has 0 fully saturated rings. The Morgan fingerprint density at radius 3 is 2.42 bits per heavy atom. The maximum atomic E-state index is 4.06. The minimum atomic E-state index is 0.520. The predicted molar refractivity (Wildman–Crippen MR) is 52.9 cm³/mol. The monoisotopic (exact) mass is 166 g/mol. The molecule has 1 rings (SSSR count). The molecule has 0 aliphatic carbocycles. The number of hydrazone groups is 1. The first-order chi connectivity index (χ1) is 5.63. The summed E-state index contributed by atoms with van der Waals surface area (Å²) in [6, 6.07) is 0. The second kappa shape index (κ2) is 3.74. The van der Waals surface area contributed by atoms with Gasteiger partial charge in [-0.2, -0.15) is 5.10 Å². The lowest BCUT2D eigenvalue weighted by molar-refractivity contribution is 0.502. The molecular weight excluding hydrogens is 148 g/mol. The average Bonchev–Trinajstić information content (AvgIpc) is 2.04. The summed E-state index contributed by atoms with van der Waals surface area (Å²) in [7, 11) is 0. The maximum absolute atomic E-state index is 4.06. The quantitative estimate of drug-likeness (QED) is 0.669. The lowest BCUT2D eigenvalue weighted by atomic mass is 9.83. The van der Waals surface area contributed by atoms with Crippen molar-refractivity contribution in [1.82, 2.24) is 5.43 Å². The number of hydrogen-bond acceptors (Lipinski definition) is 2. The number of nitrogens with one attached hydrogen (secondary N) is 1. The molecule has 0 aromatic carbocycles. The van der Waals surface area contributed by atoms with Crippen LogP contribution in [-0.2, 0) is 0 Å². The summed E-state index contributed by atoms with van der Waals surface area (Å²) in [5.74, 6) is 1.77. The molecule has 0 spiro atoms. The van der Waals surface area contributed by atoms with Crippen LogP contribution in [0.3, 0.4) is 0 Å². The SMILES string of the molecule is CC(C)C1=CNN=CC1C(C)C. The number of rotatable bonds is 2. The fourth-order valence-electron chi connectivity index (χ4n) is 1.53. The molecule has 0 aromatic rings. The predicted octanol–water partition coefficient (Wildman–Crippen LogP) is 2.39. The Bertz CT molecular complexity index is 202. The Morgan fingerprint density at radius 2 is 2.00 bits per heavy atom. The van der Waals surface area contributed by atoms with E-state index in [-0.39, 0.29) is 0 Å². The van der Waals surface area contributed by atoms with E-state index in [0.717, 1.165) is 0 Å². The first kappa shape index (κ1) is 9.30. The summed E-state index contributed by atoms with van der Waals surface area (Å²) in [4.78, 5) is 0. The molecule has 0 saturated carbocycles. The minimum absolute atomic E-state index is 0.520. The molecule has 1 atom stereocenters. The standard InChI is InChI=1S/C10H18N2/c1-7(2)9-5-11-12-6-10(9)8(3)4/h5-9,12H,1-4H3. The summed E-state index contributed by atoms with van der Waals surface area (Å²) < 4.78 is 0. The Hall–Kier alpha value is -0.790. The van der Waals surface area contributed by atoms with E-state index in [1.807, 2.05) is 12.4 Å². The van der Waals surface area contributed by atoms with Gasteiger partial charge in [-0.25, -0.2) is 0 Å². The minimum Gasteiger partial charge on any atom is -0.286 e. The van der Waals surface area contributed by atoms with Crippen molar-refractivity contribution in [2.45, 2.75) is 27.7 Å². The highest BCUT2D eigenvalue weighted by molar-refractivity contribution is 5.66. The zero-order valence-corrected chi connectivity index (χ0v) is 8.33. The van der Waals surface area contributed by atoms with Crippen molar-refractivity contribution in [3.8, 4) is 0 Å². The van der Waals surface area contributed by atoms with Crippen LogP contribution in [0.1, 0.15) is 27.7 Å². The Kier molecular flexibility index (Phi) is 2.90. The van der Waals surface area contributed by atoms with Crippen molar-refractivity contribution in [3.05, 3.63) is 11.8 Å². The summed E-state index contributed by atoms with van der Waals surface area (Å²) in [5, 5.41) is 4.06. The number of allylic oxidation sites excluding steroid dienone is 1. The van der Waals surface area contributed by atoms with Crippen LogP contribution in [0.4, 0.5) is 0 Å². The number of hydrogen-bond donors (Lipinski definition) is 1. The second-order valence-corrected chi connectivity index (χ2v) is 3.98. The zero-order valence-electron chi connectivity index (χ0n) is 8.33. The van der Waals surface area contributed by atoms with Gasteiger partial charge in [-0.15, -0.1) is 0 Å². The topological polar surface area (TPSA) is 24.4 Å². The maximum Gasteiger partial charge on any atom is 0.0321 e. The van der Waals surface area contributed by atoms with Crippen LogP contribution in [0, 0.1) is 17.8 Å². The first-order valence-electron chi connectivity index (χ1n) is 4.61. The van der Waals surface area contributed by atoms with E-state index in [1.165, 1.54) is 5.57 Å². The van der Waals surface area contributed by atoms with Crippen molar-refractivity contribution in [2.75, 3.05) is 0 Å². The highest BCUT2D eigenvalue weighted by Gasteiger charge is 2.20. The second-order valence-electron chi connectivity index (χ2n) is 3.98. The molecule has 12 heavy (non-hydrogen) atoms. The van der Waals surface area contributed by atoms with Gasteiger partial charge in [-0.1, -0.05) is 27.7 Å². The Labute approximate surface area is 74.7 Å². The molecule has 1 aliphatic heterocycles. The molecule has 2 heteroatoms. The fraction of sp³-hybridized carbons (Fsp3) is 0.700. The molecule has 1 heterocycles. The van der Waals surface area contributed by atoms with E-state index in [9.17, 15) is 0 Å². The summed E-state index contributed by atoms with van der Waals surface area (Å²) in [5.41, 5.74) is 4.37. The van der Waals surface area contributed by atoms with Gasteiger partial charge in [0, 0.05) is 18.3 Å². The molecule has 0 radical (unpaired) electrons. The van der Waals surface area contributed by atoms with Crippen LogP contribution in [0.2, 0.25) is 0 Å². The van der Waals surface area contributed by atoms with Crippen molar-refractivity contribution >= 4 is 6.21 Å². The van der Waals surface area contributed by atoms with Gasteiger partial charge in [0.25, 0.3) is 0 Å². The molecular formula is C10H18N2. The zero-order chi connectivity index (χ0) is 9.14. The average molecular weight is 166 g/mol. The largest absolute Gasteiger partial charge is 0.286 e. The summed E-state index contributed by atoms with van der Waals surface area (Å²) >= 11 is 0. The highest BCUT2D eigenvalue weighted by atomic mass is 15.3. The molecule has 0 aromatic heterocycles. The summed E-state index contributed by atoms with van der Waals surface area (Å²) in [6.07, 6.45) is 4.05. The molecule has 68 valence electrons. The van der Waals surface area contributed by atoms with Gasteiger partial charge in [0.2, 0.25) is 0 Å². The third-order valence-electron chi connectivity index (χ3n) is 2.31. The van der Waals surface area contributed by atoms with E-state index in [4.69, 9.17) is 0 Å². The van der Waals surface area contributed by atoms with Crippen molar-refractivity contribution in [2.24, 2.45) is 22.9 Å². The van der Waals surface area contributed by atoms with Gasteiger partial charge in [-0.3, -0.25) is 5.43 Å². The van der Waals surface area contributed by atoms with E-state index in [0.29, 0.717) is 17.8 Å². The van der Waals surface area contributed by atoms with Crippen LogP contribution in [0.25, 0.3) is 0 Å². The van der Waals surface area contributed by atoms with Crippen LogP contribution < -0.4 is 5.43 Å². The van der Waals surface area contributed by atoms with Crippen LogP contribution in [0.5, 0.6) is 0 Å². The van der Waals surface area contributed by atoms with E-state index < -0.39 is 0 Å². The Balaban J connectivity index is 2.76. The van der Waals surface area contributed by atoms with Gasteiger partial charge < -0.3 is 0 Å². The van der Waals surface area contributed by atoms with Gasteiger partial charge in [0.1, 0.15) is 0 Å². The molecule has 1 N–H and O–H groups in total. The first-order valence-corrected chi connectivity index (χ1v) is 4.61. The van der Waals surface area contributed by atoms with Gasteiger partial charge in [0.05, 0.1) is 0 Å².